The number of aliphatic imine (C=N–C) groups is 1. The smallest absolute Gasteiger partial charge is 0.264 e. The van der Waals surface area contributed by atoms with Gasteiger partial charge < -0.3 is 14.8 Å². The molecule has 1 aliphatic rings. The van der Waals surface area contributed by atoms with E-state index in [0.717, 1.165) is 16.8 Å². The van der Waals surface area contributed by atoms with Crippen LogP contribution < -0.4 is 14.8 Å². The maximum atomic E-state index is 12.2. The first kappa shape index (κ1) is 18.4. The molecule has 0 unspecified atom stereocenters. The normalized spacial score (nSPS) is 16.8. The van der Waals surface area contributed by atoms with Crippen LogP contribution in [0.2, 0.25) is 5.02 Å². The van der Waals surface area contributed by atoms with Crippen LogP contribution in [0.4, 0.5) is 5.69 Å². The maximum Gasteiger partial charge on any atom is 0.264 e. The Labute approximate surface area is 161 Å². The van der Waals surface area contributed by atoms with Gasteiger partial charge in [0.15, 0.2) is 16.7 Å². The highest BCUT2D eigenvalue weighted by Crippen LogP contribution is 2.37. The molecule has 0 radical (unpaired) electrons. The number of nitrogens with one attached hydrogen (secondary N) is 1. The van der Waals surface area contributed by atoms with Gasteiger partial charge in [0.1, 0.15) is 0 Å². The molecule has 0 aliphatic carbocycles. The number of carbonyl (C=O) groups is 1. The molecular weight excluding hydrogens is 372 g/mol. The Morgan fingerprint density at radius 3 is 2.69 bits per heavy atom. The quantitative estimate of drug-likeness (QED) is 0.780. The van der Waals surface area contributed by atoms with Gasteiger partial charge in [-0.15, -0.1) is 0 Å². The Morgan fingerprint density at radius 1 is 1.19 bits per heavy atom. The van der Waals surface area contributed by atoms with Crippen molar-refractivity contribution in [3.05, 3.63) is 57.5 Å². The van der Waals surface area contributed by atoms with Crippen molar-refractivity contribution in [1.29, 1.82) is 0 Å². The van der Waals surface area contributed by atoms with Crippen molar-refractivity contribution < 1.29 is 14.3 Å². The Kier molecular flexibility index (Phi) is 5.54. The van der Waals surface area contributed by atoms with Crippen molar-refractivity contribution in [2.75, 3.05) is 14.2 Å². The third-order valence-electron chi connectivity index (χ3n) is 3.64. The molecule has 1 heterocycles. The van der Waals surface area contributed by atoms with E-state index >= 15 is 0 Å². The van der Waals surface area contributed by atoms with Gasteiger partial charge in [0.25, 0.3) is 5.91 Å². The van der Waals surface area contributed by atoms with Gasteiger partial charge in [0, 0.05) is 0 Å². The lowest BCUT2D eigenvalue weighted by molar-refractivity contribution is -0.115. The SMILES string of the molecule is COc1cc(/C=C2\SC(=Nc3cccc(C)c3)NC2=O)cc(Cl)c1OC. The Hall–Kier alpha value is -2.44. The Balaban J connectivity index is 1.88. The molecule has 7 heteroatoms. The standard InChI is InChI=1S/C19H17ClN2O3S/c1-11-5-4-6-13(7-11)21-19-22-18(23)16(26-19)10-12-8-14(20)17(25-3)15(9-12)24-2/h4-10H,1-3H3,(H,21,22,23)/b16-10-. The minimum absolute atomic E-state index is 0.202. The van der Waals surface area contributed by atoms with E-state index in [9.17, 15) is 4.79 Å². The first-order valence-corrected chi connectivity index (χ1v) is 8.97. The number of halogens is 1. The number of nitrogens with zero attached hydrogens (tertiary/aromatic N) is 1. The average molecular weight is 389 g/mol. The number of amides is 1. The third kappa shape index (κ3) is 4.03. The monoisotopic (exact) mass is 388 g/mol. The lowest BCUT2D eigenvalue weighted by Gasteiger charge is -2.10. The number of benzene rings is 2. The zero-order valence-electron chi connectivity index (χ0n) is 14.5. The largest absolute Gasteiger partial charge is 0.493 e. The molecule has 1 N–H and O–H groups in total. The highest BCUT2D eigenvalue weighted by atomic mass is 35.5. The van der Waals surface area contributed by atoms with Crippen molar-refractivity contribution in [2.45, 2.75) is 6.92 Å². The van der Waals surface area contributed by atoms with Crippen molar-refractivity contribution in [1.82, 2.24) is 5.32 Å². The van der Waals surface area contributed by atoms with Crippen LogP contribution in [0.1, 0.15) is 11.1 Å². The molecule has 1 amide bonds. The second-order valence-corrected chi connectivity index (χ2v) is 7.00. The van der Waals surface area contributed by atoms with Crippen molar-refractivity contribution in [3.8, 4) is 11.5 Å². The summed E-state index contributed by atoms with van der Waals surface area (Å²) in [6.07, 6.45) is 1.74. The van der Waals surface area contributed by atoms with Gasteiger partial charge in [-0.3, -0.25) is 4.79 Å². The Bertz CT molecular complexity index is 925. The highest BCUT2D eigenvalue weighted by Gasteiger charge is 2.24. The fourth-order valence-corrected chi connectivity index (χ4v) is 3.61. The topological polar surface area (TPSA) is 59.9 Å². The number of hydrogen-bond donors (Lipinski definition) is 1. The highest BCUT2D eigenvalue weighted by molar-refractivity contribution is 8.18. The van der Waals surface area contributed by atoms with Crippen LogP contribution in [-0.4, -0.2) is 25.3 Å². The molecule has 3 rings (SSSR count). The van der Waals surface area contributed by atoms with Gasteiger partial charge >= 0.3 is 0 Å². The minimum Gasteiger partial charge on any atom is -0.493 e. The number of hydrogen-bond acceptors (Lipinski definition) is 5. The number of ether oxygens (including phenoxy) is 2. The average Bonchev–Trinajstić information content (AvgIpc) is 2.93. The van der Waals surface area contributed by atoms with Gasteiger partial charge in [-0.2, -0.15) is 0 Å². The van der Waals surface area contributed by atoms with E-state index in [0.29, 0.717) is 26.6 Å². The van der Waals surface area contributed by atoms with E-state index < -0.39 is 0 Å². The van der Waals surface area contributed by atoms with Crippen LogP contribution in [0, 0.1) is 6.92 Å². The van der Waals surface area contributed by atoms with Crippen LogP contribution in [0.3, 0.4) is 0 Å². The summed E-state index contributed by atoms with van der Waals surface area (Å²) in [5, 5.41) is 3.73. The summed E-state index contributed by atoms with van der Waals surface area (Å²) in [7, 11) is 3.06. The predicted molar refractivity (Wildman–Crippen MR) is 107 cm³/mol. The summed E-state index contributed by atoms with van der Waals surface area (Å²) in [6, 6.07) is 11.3. The number of aryl methyl sites for hydroxylation is 1. The number of rotatable bonds is 4. The molecule has 1 fully saturated rings. The molecule has 0 atom stereocenters. The molecule has 2 aromatic carbocycles. The molecule has 1 saturated heterocycles. The van der Waals surface area contributed by atoms with Gasteiger partial charge in [0.2, 0.25) is 0 Å². The summed E-state index contributed by atoms with van der Waals surface area (Å²) in [5.74, 6) is 0.762. The van der Waals surface area contributed by atoms with Gasteiger partial charge in [0.05, 0.1) is 29.8 Å². The second-order valence-electron chi connectivity index (χ2n) is 5.56. The Morgan fingerprint density at radius 2 is 2.00 bits per heavy atom. The van der Waals surface area contributed by atoms with E-state index in [-0.39, 0.29) is 5.91 Å². The molecule has 134 valence electrons. The summed E-state index contributed by atoms with van der Waals surface area (Å²) in [5.41, 5.74) is 2.64. The van der Waals surface area contributed by atoms with Crippen molar-refractivity contribution >= 4 is 46.2 Å². The molecule has 1 aliphatic heterocycles. The summed E-state index contributed by atoms with van der Waals surface area (Å²) >= 11 is 7.50. The van der Waals surface area contributed by atoms with Crippen molar-refractivity contribution in [3.63, 3.8) is 0 Å². The number of carbonyl (C=O) groups excluding carboxylic acids is 1. The molecular formula is C19H17ClN2O3S. The molecule has 5 nitrogen and oxygen atoms in total. The van der Waals surface area contributed by atoms with Crippen molar-refractivity contribution in [2.24, 2.45) is 4.99 Å². The summed E-state index contributed by atoms with van der Waals surface area (Å²) in [6.45, 7) is 2.00. The predicted octanol–water partition coefficient (Wildman–Crippen LogP) is 4.56. The van der Waals surface area contributed by atoms with E-state index in [1.54, 1.807) is 18.2 Å². The fraction of sp³-hybridized carbons (Fsp3) is 0.158. The van der Waals surface area contributed by atoms with E-state index in [1.165, 1.54) is 26.0 Å². The van der Waals surface area contributed by atoms with Gasteiger partial charge in [-0.25, -0.2) is 4.99 Å². The summed E-state index contributed by atoms with van der Waals surface area (Å²) in [4.78, 5) is 17.2. The van der Waals surface area contributed by atoms with E-state index in [2.05, 4.69) is 10.3 Å². The number of thioether (sulfide) groups is 1. The molecule has 0 aromatic heterocycles. The summed E-state index contributed by atoms with van der Waals surface area (Å²) < 4.78 is 10.5. The van der Waals surface area contributed by atoms with Crippen LogP contribution >= 0.6 is 23.4 Å². The molecule has 2 aromatic rings. The zero-order chi connectivity index (χ0) is 18.7. The van der Waals surface area contributed by atoms with E-state index in [1.807, 2.05) is 31.2 Å². The first-order chi connectivity index (χ1) is 12.5. The third-order valence-corrected chi connectivity index (χ3v) is 4.83. The van der Waals surface area contributed by atoms with Crippen LogP contribution in [0.5, 0.6) is 11.5 Å². The fourth-order valence-electron chi connectivity index (χ4n) is 2.47. The van der Waals surface area contributed by atoms with Gasteiger partial charge in [-0.05, 0) is 60.2 Å². The lowest BCUT2D eigenvalue weighted by atomic mass is 10.2. The first-order valence-electron chi connectivity index (χ1n) is 7.78. The number of amidine groups is 1. The zero-order valence-corrected chi connectivity index (χ0v) is 16.1. The van der Waals surface area contributed by atoms with Crippen LogP contribution in [-0.2, 0) is 4.79 Å². The van der Waals surface area contributed by atoms with E-state index in [4.69, 9.17) is 21.1 Å². The number of methoxy groups -OCH3 is 2. The van der Waals surface area contributed by atoms with Gasteiger partial charge in [-0.1, -0.05) is 23.7 Å². The molecule has 0 saturated carbocycles. The molecule has 26 heavy (non-hydrogen) atoms. The minimum atomic E-state index is -0.202. The second kappa shape index (κ2) is 7.85. The molecule has 0 bridgehead atoms. The van der Waals surface area contributed by atoms with Crippen LogP contribution in [0.25, 0.3) is 6.08 Å². The molecule has 0 spiro atoms. The lowest BCUT2D eigenvalue weighted by Crippen LogP contribution is -2.19. The van der Waals surface area contributed by atoms with Crippen LogP contribution in [0.15, 0.2) is 46.3 Å². The maximum absolute atomic E-state index is 12.2.